The first-order valence-electron chi connectivity index (χ1n) is 6.03. The van der Waals surface area contributed by atoms with Crippen molar-refractivity contribution in [2.75, 3.05) is 13.7 Å². The summed E-state index contributed by atoms with van der Waals surface area (Å²) in [6, 6.07) is 4.97. The number of aliphatic hydroxyl groups is 1. The molecule has 2 unspecified atom stereocenters. The molecule has 0 radical (unpaired) electrons. The van der Waals surface area contributed by atoms with E-state index in [1.165, 1.54) is 24.5 Å². The molecule has 0 amide bonds. The minimum atomic E-state index is -1.00. The third-order valence-corrected chi connectivity index (χ3v) is 4.11. The summed E-state index contributed by atoms with van der Waals surface area (Å²) in [6.07, 6.45) is -1.00. The number of rotatable bonds is 5. The molecule has 6 heteroatoms. The molecule has 0 aliphatic carbocycles. The minimum absolute atomic E-state index is 0.0325. The van der Waals surface area contributed by atoms with Crippen molar-refractivity contribution in [2.45, 2.75) is 12.0 Å². The fourth-order valence-corrected chi connectivity index (χ4v) is 3.01. The number of aliphatic hydroxyl groups excluding tert-OH is 1. The molecule has 3 N–H and O–H groups in total. The van der Waals surface area contributed by atoms with Gasteiger partial charge < -0.3 is 15.6 Å². The molecule has 0 saturated heterocycles. The van der Waals surface area contributed by atoms with Crippen molar-refractivity contribution in [1.82, 2.24) is 0 Å². The summed E-state index contributed by atoms with van der Waals surface area (Å²) in [7, 11) is 1.49. The Kier molecular flexibility index (Phi) is 4.69. The minimum Gasteiger partial charge on any atom is -0.495 e. The van der Waals surface area contributed by atoms with Crippen LogP contribution in [0, 0.1) is 11.6 Å². The number of benzene rings is 1. The monoisotopic (exact) mass is 299 g/mol. The molecule has 2 aromatic rings. The first-order chi connectivity index (χ1) is 9.58. The van der Waals surface area contributed by atoms with Crippen molar-refractivity contribution in [3.8, 4) is 5.75 Å². The zero-order chi connectivity index (χ0) is 14.7. The second kappa shape index (κ2) is 6.30. The number of ether oxygens (including phenoxy) is 1. The number of thiophene rings is 1. The maximum absolute atomic E-state index is 13.8. The molecule has 0 saturated carbocycles. The van der Waals surface area contributed by atoms with Crippen molar-refractivity contribution in [2.24, 2.45) is 5.73 Å². The van der Waals surface area contributed by atoms with E-state index in [-0.39, 0.29) is 12.1 Å². The highest BCUT2D eigenvalue weighted by Crippen LogP contribution is 2.39. The molecular weight excluding hydrogens is 284 g/mol. The molecule has 2 rings (SSSR count). The van der Waals surface area contributed by atoms with Crippen molar-refractivity contribution >= 4 is 11.3 Å². The Bertz CT molecular complexity index is 588. The summed E-state index contributed by atoms with van der Waals surface area (Å²) in [5.41, 5.74) is 5.85. The quantitative estimate of drug-likeness (QED) is 0.892. The van der Waals surface area contributed by atoms with Gasteiger partial charge in [0, 0.05) is 18.5 Å². The van der Waals surface area contributed by atoms with Crippen molar-refractivity contribution in [3.05, 3.63) is 51.7 Å². The van der Waals surface area contributed by atoms with Gasteiger partial charge >= 0.3 is 0 Å². The topological polar surface area (TPSA) is 55.5 Å². The summed E-state index contributed by atoms with van der Waals surface area (Å²) in [4.78, 5) is 0.576. The van der Waals surface area contributed by atoms with Gasteiger partial charge in [0.2, 0.25) is 0 Å². The molecule has 1 aromatic carbocycles. The Labute approximate surface area is 119 Å². The van der Waals surface area contributed by atoms with Gasteiger partial charge in [-0.3, -0.25) is 0 Å². The number of halogens is 2. The van der Waals surface area contributed by atoms with E-state index in [2.05, 4.69) is 0 Å². The first-order valence-corrected chi connectivity index (χ1v) is 6.91. The average molecular weight is 299 g/mol. The molecule has 108 valence electrons. The maximum atomic E-state index is 13.8. The van der Waals surface area contributed by atoms with Crippen LogP contribution in [0.2, 0.25) is 0 Å². The molecule has 0 bridgehead atoms. The van der Waals surface area contributed by atoms with Gasteiger partial charge in [0.25, 0.3) is 0 Å². The molecule has 0 aliphatic heterocycles. The fraction of sp³-hybridized carbons (Fsp3) is 0.286. The molecule has 0 aliphatic rings. The maximum Gasteiger partial charge on any atom is 0.135 e. The van der Waals surface area contributed by atoms with Crippen LogP contribution in [-0.4, -0.2) is 18.8 Å². The second-order valence-electron chi connectivity index (χ2n) is 4.31. The zero-order valence-electron chi connectivity index (χ0n) is 10.8. The SMILES string of the molecule is COc1ccsc1C(O)C(CN)c1ccc(F)cc1F. The lowest BCUT2D eigenvalue weighted by Crippen LogP contribution is -2.21. The number of hydrogen-bond donors (Lipinski definition) is 2. The van der Waals surface area contributed by atoms with Gasteiger partial charge in [-0.15, -0.1) is 11.3 Å². The van der Waals surface area contributed by atoms with Crippen LogP contribution in [0.1, 0.15) is 22.5 Å². The largest absolute Gasteiger partial charge is 0.495 e. The van der Waals surface area contributed by atoms with E-state index >= 15 is 0 Å². The summed E-state index contributed by atoms with van der Waals surface area (Å²) < 4.78 is 31.9. The van der Waals surface area contributed by atoms with E-state index < -0.39 is 23.7 Å². The first kappa shape index (κ1) is 14.9. The van der Waals surface area contributed by atoms with Crippen molar-refractivity contribution in [1.29, 1.82) is 0 Å². The molecular formula is C14H15F2NO2S. The van der Waals surface area contributed by atoms with E-state index in [0.717, 1.165) is 12.1 Å². The van der Waals surface area contributed by atoms with Gasteiger partial charge in [0.05, 0.1) is 12.0 Å². The average Bonchev–Trinajstić information content (AvgIpc) is 2.90. The highest BCUT2D eigenvalue weighted by molar-refractivity contribution is 7.10. The lowest BCUT2D eigenvalue weighted by Gasteiger charge is -2.22. The third kappa shape index (κ3) is 2.82. The molecule has 0 spiro atoms. The highest BCUT2D eigenvalue weighted by atomic mass is 32.1. The van der Waals surface area contributed by atoms with Crippen LogP contribution in [0.15, 0.2) is 29.6 Å². The van der Waals surface area contributed by atoms with Crippen LogP contribution in [0.3, 0.4) is 0 Å². The number of nitrogens with two attached hydrogens (primary N) is 1. The Morgan fingerprint density at radius 2 is 2.10 bits per heavy atom. The highest BCUT2D eigenvalue weighted by Gasteiger charge is 2.27. The number of methoxy groups -OCH3 is 1. The lowest BCUT2D eigenvalue weighted by molar-refractivity contribution is 0.146. The van der Waals surface area contributed by atoms with Crippen LogP contribution >= 0.6 is 11.3 Å². The predicted octanol–water partition coefficient (Wildman–Crippen LogP) is 2.81. The van der Waals surface area contributed by atoms with Gasteiger partial charge in [-0.05, 0) is 23.1 Å². The molecule has 0 fully saturated rings. The molecule has 1 aromatic heterocycles. The van der Waals surface area contributed by atoms with Gasteiger partial charge in [-0.1, -0.05) is 6.07 Å². The van der Waals surface area contributed by atoms with Crippen LogP contribution in [-0.2, 0) is 0 Å². The van der Waals surface area contributed by atoms with Crippen LogP contribution in [0.25, 0.3) is 0 Å². The predicted molar refractivity (Wildman–Crippen MR) is 74.0 cm³/mol. The zero-order valence-corrected chi connectivity index (χ0v) is 11.7. The normalized spacial score (nSPS) is 14.1. The molecule has 3 nitrogen and oxygen atoms in total. The number of hydrogen-bond acceptors (Lipinski definition) is 4. The molecule has 1 heterocycles. The second-order valence-corrected chi connectivity index (χ2v) is 5.25. The Morgan fingerprint density at radius 1 is 1.35 bits per heavy atom. The summed E-state index contributed by atoms with van der Waals surface area (Å²) in [6.45, 7) is 0.0325. The van der Waals surface area contributed by atoms with Gasteiger partial charge in [-0.25, -0.2) is 8.78 Å². The van der Waals surface area contributed by atoms with Crippen LogP contribution < -0.4 is 10.5 Å². The summed E-state index contributed by atoms with van der Waals surface area (Å²) in [5.74, 6) is -1.51. The molecule has 20 heavy (non-hydrogen) atoms. The third-order valence-electron chi connectivity index (χ3n) is 3.14. The van der Waals surface area contributed by atoms with Crippen LogP contribution in [0.5, 0.6) is 5.75 Å². The van der Waals surface area contributed by atoms with Crippen LogP contribution in [0.4, 0.5) is 8.78 Å². The van der Waals surface area contributed by atoms with E-state index in [4.69, 9.17) is 10.5 Å². The summed E-state index contributed by atoms with van der Waals surface area (Å²) >= 11 is 1.30. The van der Waals surface area contributed by atoms with E-state index in [9.17, 15) is 13.9 Å². The van der Waals surface area contributed by atoms with Crippen molar-refractivity contribution in [3.63, 3.8) is 0 Å². The van der Waals surface area contributed by atoms with E-state index in [1.54, 1.807) is 11.4 Å². The van der Waals surface area contributed by atoms with Gasteiger partial charge in [-0.2, -0.15) is 0 Å². The van der Waals surface area contributed by atoms with Gasteiger partial charge in [0.1, 0.15) is 23.5 Å². The van der Waals surface area contributed by atoms with E-state index in [0.29, 0.717) is 10.6 Å². The Hall–Kier alpha value is -1.50. The van der Waals surface area contributed by atoms with Gasteiger partial charge in [0.15, 0.2) is 0 Å². The standard InChI is InChI=1S/C14H15F2NO2S/c1-19-12-4-5-20-14(12)13(18)10(7-17)9-3-2-8(15)6-11(9)16/h2-6,10,13,18H,7,17H2,1H3. The molecule has 2 atom stereocenters. The Balaban J connectivity index is 2.36. The smallest absolute Gasteiger partial charge is 0.135 e. The van der Waals surface area contributed by atoms with Crippen molar-refractivity contribution < 1.29 is 18.6 Å². The Morgan fingerprint density at radius 3 is 2.70 bits per heavy atom. The summed E-state index contributed by atoms with van der Waals surface area (Å²) in [5, 5.41) is 12.2. The fourth-order valence-electron chi connectivity index (χ4n) is 2.10. The van der Waals surface area contributed by atoms with E-state index in [1.807, 2.05) is 0 Å². The lowest BCUT2D eigenvalue weighted by atomic mass is 9.92.